The first-order valence-corrected chi connectivity index (χ1v) is 7.12. The second kappa shape index (κ2) is 6.61. The summed E-state index contributed by atoms with van der Waals surface area (Å²) in [5.74, 6) is 0.476. The second-order valence-corrected chi connectivity index (χ2v) is 5.47. The van der Waals surface area contributed by atoms with Gasteiger partial charge in [-0.1, -0.05) is 58.8 Å². The van der Waals surface area contributed by atoms with Crippen molar-refractivity contribution in [2.75, 3.05) is 0 Å². The first-order chi connectivity index (χ1) is 7.64. The van der Waals surface area contributed by atoms with Crippen molar-refractivity contribution < 1.29 is 5.11 Å². The largest absolute Gasteiger partial charge is 0.388 e. The van der Waals surface area contributed by atoms with E-state index in [4.69, 9.17) is 5.73 Å². The average molecular weight is 227 g/mol. The second-order valence-electron chi connectivity index (χ2n) is 5.47. The lowest BCUT2D eigenvalue weighted by Gasteiger charge is -2.39. The van der Waals surface area contributed by atoms with Crippen LogP contribution >= 0.6 is 0 Å². The number of hydrogen-bond acceptors (Lipinski definition) is 2. The van der Waals surface area contributed by atoms with Gasteiger partial charge in [-0.25, -0.2) is 0 Å². The van der Waals surface area contributed by atoms with Crippen molar-refractivity contribution in [2.24, 2.45) is 11.7 Å². The van der Waals surface area contributed by atoms with Crippen molar-refractivity contribution >= 4 is 0 Å². The fourth-order valence-corrected chi connectivity index (χ4v) is 3.09. The van der Waals surface area contributed by atoms with Gasteiger partial charge in [0.15, 0.2) is 0 Å². The first kappa shape index (κ1) is 14.0. The van der Waals surface area contributed by atoms with Crippen LogP contribution in [-0.4, -0.2) is 16.7 Å². The Morgan fingerprint density at radius 3 is 1.88 bits per heavy atom. The summed E-state index contributed by atoms with van der Waals surface area (Å²) in [6, 6.07) is -0.0272. The van der Waals surface area contributed by atoms with Crippen molar-refractivity contribution in [3.8, 4) is 0 Å². The molecule has 0 aromatic heterocycles. The minimum atomic E-state index is -0.586. The Balaban J connectivity index is 2.63. The fraction of sp³-hybridized carbons (Fsp3) is 1.00. The van der Waals surface area contributed by atoms with E-state index in [0.29, 0.717) is 5.92 Å². The highest BCUT2D eigenvalue weighted by Gasteiger charge is 2.37. The van der Waals surface area contributed by atoms with Gasteiger partial charge in [0, 0.05) is 6.04 Å². The first-order valence-electron chi connectivity index (χ1n) is 7.12. The molecule has 0 spiro atoms. The maximum atomic E-state index is 10.8. The van der Waals surface area contributed by atoms with Crippen molar-refractivity contribution in [3.05, 3.63) is 0 Å². The van der Waals surface area contributed by atoms with Crippen LogP contribution in [0.5, 0.6) is 0 Å². The molecule has 0 aromatic carbocycles. The molecule has 0 aliphatic heterocycles. The van der Waals surface area contributed by atoms with Gasteiger partial charge in [0.2, 0.25) is 0 Å². The third kappa shape index (κ3) is 3.46. The van der Waals surface area contributed by atoms with Gasteiger partial charge in [0.05, 0.1) is 5.60 Å². The van der Waals surface area contributed by atoms with E-state index in [1.54, 1.807) is 0 Å². The third-order valence-corrected chi connectivity index (χ3v) is 4.40. The Hall–Kier alpha value is -0.0800. The predicted molar refractivity (Wildman–Crippen MR) is 69.3 cm³/mol. The van der Waals surface area contributed by atoms with Crippen molar-refractivity contribution in [3.63, 3.8) is 0 Å². The zero-order valence-electron chi connectivity index (χ0n) is 11.0. The summed E-state index contributed by atoms with van der Waals surface area (Å²) in [5, 5.41) is 10.8. The summed E-state index contributed by atoms with van der Waals surface area (Å²) in [5.41, 5.74) is 5.73. The molecule has 2 heteroatoms. The Kier molecular flexibility index (Phi) is 5.77. The Morgan fingerprint density at radius 1 is 1.00 bits per heavy atom. The minimum absolute atomic E-state index is 0.0272. The predicted octanol–water partition coefficient (Wildman–Crippen LogP) is 3.23. The van der Waals surface area contributed by atoms with E-state index in [-0.39, 0.29) is 6.04 Å². The SMILES string of the molecule is CCC(CC)C(N)C1(O)CCCCCCC1. The lowest BCUT2D eigenvalue weighted by Crippen LogP contribution is -2.52. The van der Waals surface area contributed by atoms with E-state index in [1.165, 1.54) is 19.3 Å². The van der Waals surface area contributed by atoms with Crippen LogP contribution in [0.25, 0.3) is 0 Å². The highest BCUT2D eigenvalue weighted by molar-refractivity contribution is 4.93. The van der Waals surface area contributed by atoms with Crippen LogP contribution in [0.2, 0.25) is 0 Å². The summed E-state index contributed by atoms with van der Waals surface area (Å²) in [4.78, 5) is 0. The van der Waals surface area contributed by atoms with Gasteiger partial charge in [-0.2, -0.15) is 0 Å². The lowest BCUT2D eigenvalue weighted by atomic mass is 9.75. The average Bonchev–Trinajstić information content (AvgIpc) is 2.25. The van der Waals surface area contributed by atoms with Crippen LogP contribution in [-0.2, 0) is 0 Å². The van der Waals surface area contributed by atoms with Gasteiger partial charge >= 0.3 is 0 Å². The van der Waals surface area contributed by atoms with E-state index in [0.717, 1.165) is 38.5 Å². The summed E-state index contributed by atoms with van der Waals surface area (Å²) < 4.78 is 0. The highest BCUT2D eigenvalue weighted by Crippen LogP contribution is 2.32. The number of rotatable bonds is 4. The van der Waals surface area contributed by atoms with Gasteiger partial charge < -0.3 is 10.8 Å². The van der Waals surface area contributed by atoms with E-state index in [2.05, 4.69) is 13.8 Å². The van der Waals surface area contributed by atoms with Gasteiger partial charge in [-0.15, -0.1) is 0 Å². The molecule has 0 amide bonds. The maximum absolute atomic E-state index is 10.8. The van der Waals surface area contributed by atoms with Gasteiger partial charge in [0.25, 0.3) is 0 Å². The summed E-state index contributed by atoms with van der Waals surface area (Å²) in [6.45, 7) is 4.36. The van der Waals surface area contributed by atoms with E-state index in [9.17, 15) is 5.11 Å². The summed E-state index contributed by atoms with van der Waals surface area (Å²) in [7, 11) is 0. The van der Waals surface area contributed by atoms with Gasteiger partial charge in [0.1, 0.15) is 0 Å². The third-order valence-electron chi connectivity index (χ3n) is 4.40. The van der Waals surface area contributed by atoms with Crippen LogP contribution in [0, 0.1) is 5.92 Å². The maximum Gasteiger partial charge on any atom is 0.0800 e. The molecule has 1 unspecified atom stereocenters. The summed E-state index contributed by atoms with van der Waals surface area (Å²) >= 11 is 0. The molecule has 1 aliphatic rings. The molecule has 0 heterocycles. The molecule has 1 fully saturated rings. The summed E-state index contributed by atoms with van der Waals surface area (Å²) in [6.07, 6.45) is 10.1. The van der Waals surface area contributed by atoms with E-state index in [1.807, 2.05) is 0 Å². The topological polar surface area (TPSA) is 46.2 Å². The van der Waals surface area contributed by atoms with Crippen molar-refractivity contribution in [1.29, 1.82) is 0 Å². The molecule has 0 bridgehead atoms. The Morgan fingerprint density at radius 2 is 1.44 bits per heavy atom. The molecule has 16 heavy (non-hydrogen) atoms. The van der Waals surface area contributed by atoms with Crippen LogP contribution in [0.3, 0.4) is 0 Å². The zero-order valence-corrected chi connectivity index (χ0v) is 11.0. The normalized spacial score (nSPS) is 23.8. The lowest BCUT2D eigenvalue weighted by molar-refractivity contribution is -0.0282. The molecule has 1 saturated carbocycles. The van der Waals surface area contributed by atoms with Crippen molar-refractivity contribution in [1.82, 2.24) is 0 Å². The molecule has 1 aliphatic carbocycles. The Bertz CT molecular complexity index is 181. The Labute approximate surface area is 101 Å². The van der Waals surface area contributed by atoms with E-state index < -0.39 is 5.60 Å². The van der Waals surface area contributed by atoms with E-state index >= 15 is 0 Å². The van der Waals surface area contributed by atoms with Gasteiger partial charge in [-0.3, -0.25) is 0 Å². The molecule has 1 atom stereocenters. The highest BCUT2D eigenvalue weighted by atomic mass is 16.3. The molecule has 1 rings (SSSR count). The zero-order chi connectivity index (χ0) is 12.0. The minimum Gasteiger partial charge on any atom is -0.388 e. The van der Waals surface area contributed by atoms with Crippen LogP contribution in [0.15, 0.2) is 0 Å². The van der Waals surface area contributed by atoms with Crippen LogP contribution in [0.4, 0.5) is 0 Å². The number of hydrogen-bond donors (Lipinski definition) is 2. The fourth-order valence-electron chi connectivity index (χ4n) is 3.09. The molecular weight excluding hydrogens is 198 g/mol. The smallest absolute Gasteiger partial charge is 0.0800 e. The van der Waals surface area contributed by atoms with Gasteiger partial charge in [-0.05, 0) is 18.8 Å². The molecule has 0 saturated heterocycles. The molecule has 0 radical (unpaired) electrons. The monoisotopic (exact) mass is 227 g/mol. The molecular formula is C14H29NO. The van der Waals surface area contributed by atoms with Crippen LogP contribution < -0.4 is 5.73 Å². The number of nitrogens with two attached hydrogens (primary N) is 1. The van der Waals surface area contributed by atoms with Crippen LogP contribution in [0.1, 0.15) is 71.6 Å². The molecule has 2 nitrogen and oxygen atoms in total. The standard InChI is InChI=1S/C14H29NO/c1-3-12(4-2)13(15)14(16)10-8-6-5-7-9-11-14/h12-13,16H,3-11,15H2,1-2H3. The molecule has 96 valence electrons. The molecule has 0 aromatic rings. The number of aliphatic hydroxyl groups is 1. The van der Waals surface area contributed by atoms with Crippen molar-refractivity contribution in [2.45, 2.75) is 83.3 Å². The quantitative estimate of drug-likeness (QED) is 0.774. The molecule has 3 N–H and O–H groups in total.